The van der Waals surface area contributed by atoms with Gasteiger partial charge in [-0.3, -0.25) is 23.4 Å². The predicted molar refractivity (Wildman–Crippen MR) is 269 cm³/mol. The molecule has 0 saturated heterocycles. The lowest BCUT2D eigenvalue weighted by molar-refractivity contribution is -0.438. The van der Waals surface area contributed by atoms with E-state index in [9.17, 15) is 43.7 Å². The Bertz CT molecular complexity index is 3120. The Hall–Kier alpha value is -5.76. The van der Waals surface area contributed by atoms with Crippen molar-refractivity contribution in [2.45, 2.75) is 113 Å². The standard InChI is InChI=1S/C52H60N4O11S3/c1-51(2)43-15-7-8-16-45(43)55(33-10-11-34-68(58,59)60)47(51)26-18-38-13-12-14-39(50(38)67-40-20-22-41(23-21-40)69(61,62)63)19-27-48-52(3,4)44-35-42(70(64,65)66)24-25-46(44)56(48)32-9-5-6-17-49(57)54-36-37-28-30-53-31-29-37/h7-8,15-16,18-31,35H,5-6,9-14,17,32-34,36H2,1-4H3,(H3-,54,57,58,59,60,61,62,63,64,65,66)/p+1. The van der Waals surface area contributed by atoms with E-state index in [4.69, 9.17) is 4.74 Å². The highest BCUT2D eigenvalue weighted by Gasteiger charge is 2.44. The summed E-state index contributed by atoms with van der Waals surface area (Å²) in [5, 5.41) is 2.96. The van der Waals surface area contributed by atoms with E-state index in [-0.39, 0.29) is 27.9 Å². The van der Waals surface area contributed by atoms with E-state index in [1.165, 1.54) is 36.4 Å². The number of amides is 1. The molecule has 0 unspecified atom stereocenters. The fourth-order valence-electron chi connectivity index (χ4n) is 9.52. The van der Waals surface area contributed by atoms with E-state index in [2.05, 4.69) is 45.8 Å². The zero-order valence-corrected chi connectivity index (χ0v) is 42.3. The molecular weight excluding hydrogens is 953 g/mol. The second-order valence-electron chi connectivity index (χ2n) is 18.9. The molecule has 2 aliphatic heterocycles. The number of pyridine rings is 1. The zero-order valence-electron chi connectivity index (χ0n) is 39.8. The molecule has 3 aliphatic rings. The number of unbranched alkanes of at least 4 members (excludes halogenated alkanes) is 3. The van der Waals surface area contributed by atoms with E-state index in [0.29, 0.717) is 63.2 Å². The van der Waals surface area contributed by atoms with Gasteiger partial charge in [-0.05, 0) is 141 Å². The molecule has 18 heteroatoms. The van der Waals surface area contributed by atoms with Crippen molar-refractivity contribution >= 4 is 53.3 Å². The van der Waals surface area contributed by atoms with Crippen LogP contribution in [0.3, 0.4) is 0 Å². The van der Waals surface area contributed by atoms with E-state index in [1.54, 1.807) is 18.5 Å². The Morgan fingerprint density at radius 2 is 1.47 bits per heavy atom. The first-order valence-electron chi connectivity index (χ1n) is 23.4. The molecule has 4 aromatic rings. The maximum absolute atomic E-state index is 12.7. The number of nitrogens with zero attached hydrogens (tertiary/aromatic N) is 3. The number of allylic oxidation sites excluding steroid dienone is 7. The van der Waals surface area contributed by atoms with Gasteiger partial charge in [0.05, 0.1) is 21.0 Å². The Labute approximate surface area is 411 Å². The van der Waals surface area contributed by atoms with Gasteiger partial charge >= 0.3 is 0 Å². The Morgan fingerprint density at radius 3 is 2.17 bits per heavy atom. The minimum Gasteiger partial charge on any atom is -0.457 e. The van der Waals surface area contributed by atoms with Crippen LogP contribution in [-0.2, 0) is 52.5 Å². The fourth-order valence-corrected chi connectivity index (χ4v) is 11.1. The Morgan fingerprint density at radius 1 is 0.771 bits per heavy atom. The van der Waals surface area contributed by atoms with Crippen molar-refractivity contribution in [1.82, 2.24) is 10.3 Å². The summed E-state index contributed by atoms with van der Waals surface area (Å²) in [6, 6.07) is 21.9. The first kappa shape index (κ1) is 52.1. The smallest absolute Gasteiger partial charge is 0.294 e. The summed E-state index contributed by atoms with van der Waals surface area (Å²) in [6.07, 6.45) is 16.8. The van der Waals surface area contributed by atoms with Crippen molar-refractivity contribution < 1.29 is 53.0 Å². The zero-order chi connectivity index (χ0) is 50.5. The maximum atomic E-state index is 12.7. The number of fused-ring (bicyclic) bond motifs is 2. The second-order valence-corrected chi connectivity index (χ2v) is 23.3. The molecule has 0 saturated carbocycles. The number of para-hydroxylation sites is 1. The lowest BCUT2D eigenvalue weighted by Crippen LogP contribution is -2.28. The molecule has 7 rings (SSSR count). The molecule has 1 amide bonds. The van der Waals surface area contributed by atoms with Gasteiger partial charge < -0.3 is 15.0 Å². The summed E-state index contributed by atoms with van der Waals surface area (Å²) in [7, 11) is -13.1. The summed E-state index contributed by atoms with van der Waals surface area (Å²) in [6.45, 7) is 9.78. The van der Waals surface area contributed by atoms with Crippen LogP contribution in [-0.4, -0.2) is 78.9 Å². The van der Waals surface area contributed by atoms with Crippen molar-refractivity contribution in [1.29, 1.82) is 0 Å². The highest BCUT2D eigenvalue weighted by molar-refractivity contribution is 7.86. The number of carbonyl (C=O) groups is 1. The van der Waals surface area contributed by atoms with Crippen molar-refractivity contribution in [3.05, 3.63) is 155 Å². The molecular formula is C52H61N4O11S3+. The van der Waals surface area contributed by atoms with Crippen LogP contribution in [0.15, 0.2) is 148 Å². The van der Waals surface area contributed by atoms with Crippen molar-refractivity contribution in [3.63, 3.8) is 0 Å². The molecule has 15 nitrogen and oxygen atoms in total. The minimum atomic E-state index is -4.50. The van der Waals surface area contributed by atoms with E-state index < -0.39 is 41.2 Å². The molecule has 0 radical (unpaired) electrons. The number of nitrogens with one attached hydrogen (secondary N) is 1. The summed E-state index contributed by atoms with van der Waals surface area (Å²) < 4.78 is 110. The third kappa shape index (κ3) is 12.4. The van der Waals surface area contributed by atoms with Crippen LogP contribution in [0.1, 0.15) is 102 Å². The third-order valence-corrected chi connectivity index (χ3v) is 15.7. The molecule has 3 aromatic carbocycles. The molecule has 70 heavy (non-hydrogen) atoms. The number of aromatic nitrogens is 1. The molecule has 1 aliphatic carbocycles. The second kappa shape index (κ2) is 21.3. The highest BCUT2D eigenvalue weighted by atomic mass is 32.2. The van der Waals surface area contributed by atoms with Gasteiger partial charge in [0.25, 0.3) is 30.4 Å². The summed E-state index contributed by atoms with van der Waals surface area (Å²) in [4.78, 5) is 18.4. The number of hydrogen-bond donors (Lipinski definition) is 4. The van der Waals surface area contributed by atoms with Crippen molar-refractivity contribution in [3.8, 4) is 5.75 Å². The highest BCUT2D eigenvalue weighted by Crippen LogP contribution is 2.49. The van der Waals surface area contributed by atoms with Gasteiger partial charge in [0.2, 0.25) is 11.6 Å². The third-order valence-electron chi connectivity index (χ3n) is 13.2. The minimum absolute atomic E-state index is 0.0432. The van der Waals surface area contributed by atoms with E-state index in [0.717, 1.165) is 69.9 Å². The predicted octanol–water partition coefficient (Wildman–Crippen LogP) is 9.18. The molecule has 1 aromatic heterocycles. The molecule has 3 heterocycles. The summed E-state index contributed by atoms with van der Waals surface area (Å²) >= 11 is 0. The van der Waals surface area contributed by atoms with Crippen molar-refractivity contribution in [2.75, 3.05) is 23.7 Å². The van der Waals surface area contributed by atoms with Gasteiger partial charge in [0, 0.05) is 72.8 Å². The van der Waals surface area contributed by atoms with Crippen LogP contribution < -0.4 is 15.0 Å². The van der Waals surface area contributed by atoms with Gasteiger partial charge in [-0.15, -0.1) is 0 Å². The molecule has 0 spiro atoms. The number of hydrogen-bond acceptors (Lipinski definition) is 10. The molecule has 0 fully saturated rings. The van der Waals surface area contributed by atoms with Crippen LogP contribution in [0, 0.1) is 0 Å². The summed E-state index contributed by atoms with van der Waals surface area (Å²) in [5.74, 6) is 0.527. The van der Waals surface area contributed by atoms with Gasteiger partial charge in [0.1, 0.15) is 18.1 Å². The van der Waals surface area contributed by atoms with Crippen LogP contribution in [0.5, 0.6) is 5.75 Å². The van der Waals surface area contributed by atoms with Gasteiger partial charge in [-0.25, -0.2) is 0 Å². The maximum Gasteiger partial charge on any atom is 0.294 e. The monoisotopic (exact) mass is 1010 g/mol. The first-order chi connectivity index (χ1) is 33.0. The van der Waals surface area contributed by atoms with Crippen LogP contribution in [0.25, 0.3) is 0 Å². The van der Waals surface area contributed by atoms with Gasteiger partial charge in [-0.1, -0.05) is 44.5 Å². The SMILES string of the molecule is CC1(C)C(=CC=C2CCCC(C=CC3=[N+](CCCCS(=O)(=O)O)c4ccccc4C3(C)C)=C2Oc2ccc(S(=O)(=O)O)cc2)N(CCCCCC(=O)NCc2ccncc2)c2ccc(S(=O)(=O)O)cc21. The number of carbonyl (C=O) groups excluding carboxylic acids is 1. The summed E-state index contributed by atoms with van der Waals surface area (Å²) in [5.41, 5.74) is 7.03. The molecule has 4 N–H and O–H groups in total. The van der Waals surface area contributed by atoms with Crippen LogP contribution >= 0.6 is 0 Å². The number of benzene rings is 3. The first-order valence-corrected chi connectivity index (χ1v) is 27.9. The Balaban J connectivity index is 1.24. The van der Waals surface area contributed by atoms with Gasteiger partial charge in [-0.2, -0.15) is 29.8 Å². The number of ether oxygens (including phenoxy) is 1. The lowest BCUT2D eigenvalue weighted by Gasteiger charge is -2.27. The largest absolute Gasteiger partial charge is 0.457 e. The van der Waals surface area contributed by atoms with E-state index >= 15 is 0 Å². The Kier molecular flexibility index (Phi) is 15.8. The lowest BCUT2D eigenvalue weighted by atomic mass is 9.81. The molecule has 372 valence electrons. The topological polar surface area (TPSA) is 221 Å². The average molecular weight is 1010 g/mol. The fraction of sp³-hybridized carbons (Fsp3) is 0.365. The number of anilines is 1. The average Bonchev–Trinajstić information content (AvgIpc) is 3.65. The van der Waals surface area contributed by atoms with Crippen LogP contribution in [0.2, 0.25) is 0 Å². The normalized spacial score (nSPS) is 18.0. The quantitative estimate of drug-likeness (QED) is 0.0369. The van der Waals surface area contributed by atoms with Crippen molar-refractivity contribution in [2.24, 2.45) is 0 Å². The van der Waals surface area contributed by atoms with E-state index in [1.807, 2.05) is 62.4 Å². The van der Waals surface area contributed by atoms with Gasteiger partial charge in [0.15, 0.2) is 5.71 Å². The van der Waals surface area contributed by atoms with Crippen LogP contribution in [0.4, 0.5) is 11.4 Å². The molecule has 0 atom stereocenters. The molecule has 0 bridgehead atoms. The number of rotatable bonds is 20.